The summed E-state index contributed by atoms with van der Waals surface area (Å²) in [4.78, 5) is 28.8. The lowest BCUT2D eigenvalue weighted by molar-refractivity contribution is -0.122. The number of carbonyl (C=O) groups excluding carboxylic acids is 2. The molecule has 0 aliphatic carbocycles. The number of benzene rings is 2. The Morgan fingerprint density at radius 1 is 1.19 bits per heavy atom. The minimum Gasteiger partial charge on any atom is -0.326 e. The second-order valence-electron chi connectivity index (χ2n) is 6.47. The second kappa shape index (κ2) is 7.92. The number of hydrogen-bond acceptors (Lipinski definition) is 4. The summed E-state index contributed by atoms with van der Waals surface area (Å²) >= 11 is 1.18. The van der Waals surface area contributed by atoms with Gasteiger partial charge in [-0.15, -0.1) is 0 Å². The zero-order valence-electron chi connectivity index (χ0n) is 15.3. The molecule has 1 aliphatic heterocycles. The van der Waals surface area contributed by atoms with Crippen LogP contribution in [0.4, 0.5) is 15.8 Å². The number of hydrogen-bond donors (Lipinski definition) is 2. The Labute approximate surface area is 161 Å². The number of aryl methyl sites for hydroxylation is 3. The SMILES string of the molecule is Cc1ccc(N=C2NC(=O)[C@H](CC(=O)Nc3c(C)cccc3C)S2)cc1F. The van der Waals surface area contributed by atoms with E-state index >= 15 is 0 Å². The van der Waals surface area contributed by atoms with E-state index in [1.54, 1.807) is 19.1 Å². The molecule has 5 nitrogen and oxygen atoms in total. The first kappa shape index (κ1) is 19.1. The van der Waals surface area contributed by atoms with Crippen molar-refractivity contribution in [3.8, 4) is 0 Å². The monoisotopic (exact) mass is 385 g/mol. The van der Waals surface area contributed by atoms with Crippen LogP contribution in [0.3, 0.4) is 0 Å². The van der Waals surface area contributed by atoms with Crippen molar-refractivity contribution < 1.29 is 14.0 Å². The normalized spacial score (nSPS) is 17.9. The van der Waals surface area contributed by atoms with E-state index in [0.29, 0.717) is 16.4 Å². The molecule has 2 aromatic rings. The Bertz CT molecular complexity index is 923. The number of anilines is 1. The summed E-state index contributed by atoms with van der Waals surface area (Å²) in [5, 5.41) is 5.33. The van der Waals surface area contributed by atoms with Crippen LogP contribution in [0, 0.1) is 26.6 Å². The van der Waals surface area contributed by atoms with Crippen molar-refractivity contribution in [2.24, 2.45) is 4.99 Å². The van der Waals surface area contributed by atoms with Gasteiger partial charge in [-0.2, -0.15) is 0 Å². The molecule has 0 aromatic heterocycles. The predicted octanol–water partition coefficient (Wildman–Crippen LogP) is 4.00. The van der Waals surface area contributed by atoms with Crippen molar-refractivity contribution in [3.63, 3.8) is 0 Å². The summed E-state index contributed by atoms with van der Waals surface area (Å²) in [7, 11) is 0. The van der Waals surface area contributed by atoms with Gasteiger partial charge >= 0.3 is 0 Å². The van der Waals surface area contributed by atoms with Crippen LogP contribution in [0.25, 0.3) is 0 Å². The van der Waals surface area contributed by atoms with E-state index in [1.807, 2.05) is 32.0 Å². The van der Waals surface area contributed by atoms with Crippen molar-refractivity contribution in [1.82, 2.24) is 5.32 Å². The number of aliphatic imine (C=N–C) groups is 1. The van der Waals surface area contributed by atoms with Gasteiger partial charge in [0.05, 0.1) is 5.69 Å². The number of nitrogens with one attached hydrogen (secondary N) is 2. The van der Waals surface area contributed by atoms with Gasteiger partial charge in [0.15, 0.2) is 5.17 Å². The highest BCUT2D eigenvalue weighted by molar-refractivity contribution is 8.15. The molecule has 140 valence electrons. The van der Waals surface area contributed by atoms with Crippen molar-refractivity contribution in [2.75, 3.05) is 5.32 Å². The maximum atomic E-state index is 13.6. The topological polar surface area (TPSA) is 70.6 Å². The highest BCUT2D eigenvalue weighted by atomic mass is 32.2. The molecule has 2 aromatic carbocycles. The fourth-order valence-corrected chi connectivity index (χ4v) is 3.72. The number of halogens is 1. The maximum Gasteiger partial charge on any atom is 0.240 e. The summed E-state index contributed by atoms with van der Waals surface area (Å²) in [5.74, 6) is -0.860. The molecule has 1 fully saturated rings. The Kier molecular flexibility index (Phi) is 5.60. The predicted molar refractivity (Wildman–Crippen MR) is 107 cm³/mol. The molecule has 2 N–H and O–H groups in total. The summed E-state index contributed by atoms with van der Waals surface area (Å²) in [6, 6.07) is 10.4. The molecule has 0 saturated carbocycles. The van der Waals surface area contributed by atoms with Crippen molar-refractivity contribution in [3.05, 3.63) is 58.9 Å². The van der Waals surface area contributed by atoms with Gasteiger partial charge in [-0.3, -0.25) is 9.59 Å². The molecule has 0 spiro atoms. The van der Waals surface area contributed by atoms with E-state index in [0.717, 1.165) is 16.8 Å². The second-order valence-corrected chi connectivity index (χ2v) is 7.66. The molecular weight excluding hydrogens is 365 g/mol. The third kappa shape index (κ3) is 4.54. The van der Waals surface area contributed by atoms with Gasteiger partial charge in [0, 0.05) is 12.1 Å². The van der Waals surface area contributed by atoms with Crippen LogP contribution in [-0.2, 0) is 9.59 Å². The summed E-state index contributed by atoms with van der Waals surface area (Å²) < 4.78 is 13.6. The van der Waals surface area contributed by atoms with E-state index in [2.05, 4.69) is 15.6 Å². The third-order valence-electron chi connectivity index (χ3n) is 4.28. The largest absolute Gasteiger partial charge is 0.326 e. The van der Waals surface area contributed by atoms with Gasteiger partial charge < -0.3 is 10.6 Å². The van der Waals surface area contributed by atoms with E-state index in [9.17, 15) is 14.0 Å². The van der Waals surface area contributed by atoms with Crippen molar-refractivity contribution in [1.29, 1.82) is 0 Å². The van der Waals surface area contributed by atoms with E-state index < -0.39 is 5.25 Å². The lowest BCUT2D eigenvalue weighted by Gasteiger charge is -2.12. The molecule has 0 bridgehead atoms. The Hall–Kier alpha value is -2.67. The first-order chi connectivity index (χ1) is 12.8. The van der Waals surface area contributed by atoms with Crippen LogP contribution in [0.5, 0.6) is 0 Å². The number of carbonyl (C=O) groups is 2. The molecular formula is C20H20FN3O2S. The Morgan fingerprint density at radius 2 is 1.89 bits per heavy atom. The highest BCUT2D eigenvalue weighted by Gasteiger charge is 2.32. The average molecular weight is 385 g/mol. The summed E-state index contributed by atoms with van der Waals surface area (Å²) in [6.07, 6.45) is 0.0333. The molecule has 3 rings (SSSR count). The fraction of sp³-hybridized carbons (Fsp3) is 0.250. The molecule has 27 heavy (non-hydrogen) atoms. The molecule has 0 radical (unpaired) electrons. The fourth-order valence-electron chi connectivity index (χ4n) is 2.73. The van der Waals surface area contributed by atoms with Gasteiger partial charge in [-0.25, -0.2) is 9.38 Å². The number of thioether (sulfide) groups is 1. The van der Waals surface area contributed by atoms with Gasteiger partial charge in [-0.1, -0.05) is 36.0 Å². The molecule has 1 heterocycles. The first-order valence-corrected chi connectivity index (χ1v) is 9.40. The van der Waals surface area contributed by atoms with Crippen LogP contribution in [0.2, 0.25) is 0 Å². The minimum atomic E-state index is -0.566. The highest BCUT2D eigenvalue weighted by Crippen LogP contribution is 2.27. The molecule has 0 unspecified atom stereocenters. The average Bonchev–Trinajstić information content (AvgIpc) is 2.94. The van der Waals surface area contributed by atoms with Gasteiger partial charge in [0.25, 0.3) is 0 Å². The number of amides is 2. The quantitative estimate of drug-likeness (QED) is 0.836. The van der Waals surface area contributed by atoms with Crippen LogP contribution in [-0.4, -0.2) is 22.2 Å². The van der Waals surface area contributed by atoms with Gasteiger partial charge in [0.1, 0.15) is 11.1 Å². The molecule has 2 amide bonds. The standard InChI is InChI=1S/C20H20FN3O2S/c1-11-7-8-14(9-15(11)21)22-20-24-19(26)16(27-20)10-17(25)23-18-12(2)5-4-6-13(18)3/h4-9,16H,10H2,1-3H3,(H,23,25)(H,22,24,26)/t16-/m0/s1. The Morgan fingerprint density at radius 3 is 2.56 bits per heavy atom. The maximum absolute atomic E-state index is 13.6. The molecule has 7 heteroatoms. The molecule has 1 saturated heterocycles. The smallest absolute Gasteiger partial charge is 0.240 e. The van der Waals surface area contributed by atoms with Gasteiger partial charge in [0.2, 0.25) is 11.8 Å². The van der Waals surface area contributed by atoms with Gasteiger partial charge in [-0.05, 0) is 49.6 Å². The Balaban J connectivity index is 1.66. The van der Waals surface area contributed by atoms with Crippen LogP contribution >= 0.6 is 11.8 Å². The lowest BCUT2D eigenvalue weighted by atomic mass is 10.1. The molecule has 1 atom stereocenters. The van der Waals surface area contributed by atoms with Crippen LogP contribution in [0.1, 0.15) is 23.1 Å². The lowest BCUT2D eigenvalue weighted by Crippen LogP contribution is -2.28. The van der Waals surface area contributed by atoms with E-state index in [-0.39, 0.29) is 24.1 Å². The zero-order chi connectivity index (χ0) is 19.6. The van der Waals surface area contributed by atoms with Crippen LogP contribution < -0.4 is 10.6 Å². The number of para-hydroxylation sites is 1. The van der Waals surface area contributed by atoms with Crippen molar-refractivity contribution in [2.45, 2.75) is 32.4 Å². The number of nitrogens with zero attached hydrogens (tertiary/aromatic N) is 1. The minimum absolute atomic E-state index is 0.0333. The zero-order valence-corrected chi connectivity index (χ0v) is 16.1. The third-order valence-corrected chi connectivity index (χ3v) is 5.36. The van der Waals surface area contributed by atoms with Crippen LogP contribution in [0.15, 0.2) is 41.4 Å². The number of amidine groups is 1. The first-order valence-electron chi connectivity index (χ1n) is 8.52. The summed E-state index contributed by atoms with van der Waals surface area (Å²) in [5.41, 5.74) is 3.66. The molecule has 1 aliphatic rings. The summed E-state index contributed by atoms with van der Waals surface area (Å²) in [6.45, 7) is 5.51. The van der Waals surface area contributed by atoms with E-state index in [1.165, 1.54) is 17.8 Å². The number of rotatable bonds is 4. The van der Waals surface area contributed by atoms with Crippen molar-refractivity contribution >= 4 is 40.1 Å². The van der Waals surface area contributed by atoms with E-state index in [4.69, 9.17) is 0 Å².